The van der Waals surface area contributed by atoms with E-state index in [1.165, 1.54) is 24.1 Å². The van der Waals surface area contributed by atoms with Gasteiger partial charge in [-0.05, 0) is 79.1 Å². The highest BCUT2D eigenvalue weighted by Crippen LogP contribution is 2.30. The van der Waals surface area contributed by atoms with E-state index in [1.54, 1.807) is 0 Å². The molecule has 0 atom stereocenters. The van der Waals surface area contributed by atoms with Gasteiger partial charge in [0.1, 0.15) is 5.69 Å². The highest BCUT2D eigenvalue weighted by molar-refractivity contribution is 6.08. The first-order valence-corrected chi connectivity index (χ1v) is 11.8. The Morgan fingerprint density at radius 3 is 2.47 bits per heavy atom. The van der Waals surface area contributed by atoms with Crippen molar-refractivity contribution in [2.75, 3.05) is 23.3 Å². The average Bonchev–Trinajstić information content (AvgIpc) is 3.06. The van der Waals surface area contributed by atoms with Gasteiger partial charge in [0.05, 0.1) is 0 Å². The number of hydrogen-bond acceptors (Lipinski definition) is 2. The minimum absolute atomic E-state index is 0.0776. The summed E-state index contributed by atoms with van der Waals surface area (Å²) in [7, 11) is 0. The molecule has 0 radical (unpaired) electrons. The van der Waals surface area contributed by atoms with Gasteiger partial charge < -0.3 is 14.8 Å². The van der Waals surface area contributed by atoms with E-state index < -0.39 is 0 Å². The fourth-order valence-electron chi connectivity index (χ4n) is 4.72. The number of piperidine rings is 1. The molecule has 1 amide bonds. The van der Waals surface area contributed by atoms with E-state index in [2.05, 4.69) is 72.5 Å². The molecule has 4 nitrogen and oxygen atoms in total. The van der Waals surface area contributed by atoms with Gasteiger partial charge >= 0.3 is 0 Å². The molecule has 4 heteroatoms. The molecule has 0 unspecified atom stereocenters. The molecule has 0 saturated carbocycles. The molecule has 4 rings (SSSR count). The molecule has 1 N–H and O–H groups in total. The molecule has 1 saturated heterocycles. The lowest BCUT2D eigenvalue weighted by Crippen LogP contribution is -2.32. The first kappa shape index (κ1) is 22.2. The Hall–Kier alpha value is -3.01. The largest absolute Gasteiger partial charge is 0.372 e. The number of aromatic nitrogens is 1. The van der Waals surface area contributed by atoms with E-state index in [9.17, 15) is 4.79 Å². The summed E-state index contributed by atoms with van der Waals surface area (Å²) in [6.07, 6.45) is 4.33. The van der Waals surface area contributed by atoms with Crippen molar-refractivity contribution in [2.45, 2.75) is 53.0 Å². The Morgan fingerprint density at radius 2 is 1.84 bits per heavy atom. The molecule has 1 aliphatic rings. The molecular weight excluding hydrogens is 394 g/mol. The number of aryl methyl sites for hydroxylation is 1. The van der Waals surface area contributed by atoms with E-state index in [-0.39, 0.29) is 5.91 Å². The van der Waals surface area contributed by atoms with Gasteiger partial charge in [-0.3, -0.25) is 4.79 Å². The predicted molar refractivity (Wildman–Crippen MR) is 136 cm³/mol. The van der Waals surface area contributed by atoms with Gasteiger partial charge in [-0.1, -0.05) is 32.9 Å². The number of amides is 1. The van der Waals surface area contributed by atoms with Crippen molar-refractivity contribution in [3.8, 4) is 0 Å². The van der Waals surface area contributed by atoms with E-state index in [1.807, 2.05) is 25.1 Å². The van der Waals surface area contributed by atoms with Crippen molar-refractivity contribution in [3.63, 3.8) is 0 Å². The van der Waals surface area contributed by atoms with E-state index in [4.69, 9.17) is 0 Å². The quantitative estimate of drug-likeness (QED) is 0.440. The first-order valence-electron chi connectivity index (χ1n) is 11.8. The lowest BCUT2D eigenvalue weighted by atomic mass is 9.99. The Balaban J connectivity index is 1.60. The Labute approximate surface area is 191 Å². The lowest BCUT2D eigenvalue weighted by molar-refractivity contribution is 0.101. The molecule has 168 valence electrons. The molecule has 0 aliphatic carbocycles. The van der Waals surface area contributed by atoms with Crippen molar-refractivity contribution in [1.82, 2.24) is 4.57 Å². The van der Waals surface area contributed by atoms with Crippen LogP contribution in [0.25, 0.3) is 10.9 Å². The van der Waals surface area contributed by atoms with Crippen molar-refractivity contribution in [3.05, 3.63) is 71.9 Å². The van der Waals surface area contributed by atoms with Crippen LogP contribution in [0.2, 0.25) is 0 Å². The smallest absolute Gasteiger partial charge is 0.272 e. The third-order valence-corrected chi connectivity index (χ3v) is 6.81. The van der Waals surface area contributed by atoms with Gasteiger partial charge in [0, 0.05) is 41.9 Å². The zero-order valence-corrected chi connectivity index (χ0v) is 19.8. The molecule has 3 aromatic rings. The number of fused-ring (bicyclic) bond motifs is 1. The topological polar surface area (TPSA) is 37.3 Å². The van der Waals surface area contributed by atoms with Crippen LogP contribution in [0.4, 0.5) is 11.4 Å². The number of carbonyl (C=O) groups excluding carboxylic acids is 1. The second-order valence-corrected chi connectivity index (χ2v) is 9.47. The molecule has 1 fully saturated rings. The van der Waals surface area contributed by atoms with Crippen molar-refractivity contribution >= 4 is 28.2 Å². The summed E-state index contributed by atoms with van der Waals surface area (Å²) in [4.78, 5) is 15.8. The lowest BCUT2D eigenvalue weighted by Gasteiger charge is -2.32. The number of benzene rings is 2. The van der Waals surface area contributed by atoms with Crippen molar-refractivity contribution in [2.24, 2.45) is 5.92 Å². The van der Waals surface area contributed by atoms with Gasteiger partial charge in [-0.25, -0.2) is 0 Å². The monoisotopic (exact) mass is 429 g/mol. The molecule has 1 aromatic heterocycles. The summed E-state index contributed by atoms with van der Waals surface area (Å²) >= 11 is 0. The van der Waals surface area contributed by atoms with Crippen molar-refractivity contribution in [1.29, 1.82) is 0 Å². The van der Waals surface area contributed by atoms with Crippen LogP contribution in [0.5, 0.6) is 0 Å². The summed E-state index contributed by atoms with van der Waals surface area (Å²) in [6.45, 7) is 15.5. The molecule has 2 aromatic carbocycles. The third-order valence-electron chi connectivity index (χ3n) is 6.81. The van der Waals surface area contributed by atoms with E-state index in [0.29, 0.717) is 18.2 Å². The molecule has 0 bridgehead atoms. The maximum absolute atomic E-state index is 13.4. The number of nitrogens with one attached hydrogen (secondary N) is 1. The van der Waals surface area contributed by atoms with E-state index >= 15 is 0 Å². The number of rotatable bonds is 6. The number of nitrogens with zero attached hydrogens (tertiary/aromatic N) is 2. The number of allylic oxidation sites excluding steroid dienone is 1. The predicted octanol–water partition coefficient (Wildman–Crippen LogP) is 6.75. The van der Waals surface area contributed by atoms with Crippen LogP contribution < -0.4 is 10.2 Å². The van der Waals surface area contributed by atoms with Crippen LogP contribution in [0, 0.1) is 12.8 Å². The standard InChI is InChI=1S/C28H35N3O/c1-6-15-31-26-12-7-22(19(2)3)18-25(26)21(5)27(31)28(32)29-23-8-10-24(11-9-23)30-16-13-20(4)14-17-30/h6-12,18-20H,1,13-17H2,2-5H3,(H,29,32). The molecular formula is C28H35N3O. The van der Waals surface area contributed by atoms with Gasteiger partial charge in [0.2, 0.25) is 0 Å². The van der Waals surface area contributed by atoms with Gasteiger partial charge in [-0.2, -0.15) is 0 Å². The minimum Gasteiger partial charge on any atom is -0.372 e. The molecule has 1 aliphatic heterocycles. The Kier molecular flexibility index (Phi) is 6.40. The highest BCUT2D eigenvalue weighted by atomic mass is 16.2. The third kappa shape index (κ3) is 4.32. The maximum atomic E-state index is 13.4. The molecule has 2 heterocycles. The van der Waals surface area contributed by atoms with Crippen molar-refractivity contribution < 1.29 is 4.79 Å². The van der Waals surface area contributed by atoms with Gasteiger partial charge in [0.25, 0.3) is 5.91 Å². The average molecular weight is 430 g/mol. The fraction of sp³-hybridized carbons (Fsp3) is 0.393. The van der Waals surface area contributed by atoms with Gasteiger partial charge in [-0.15, -0.1) is 6.58 Å². The second-order valence-electron chi connectivity index (χ2n) is 9.47. The zero-order chi connectivity index (χ0) is 22.8. The molecule has 0 spiro atoms. The molecule has 32 heavy (non-hydrogen) atoms. The van der Waals surface area contributed by atoms with Gasteiger partial charge in [0.15, 0.2) is 0 Å². The number of hydrogen-bond donors (Lipinski definition) is 1. The number of carbonyl (C=O) groups is 1. The summed E-state index contributed by atoms with van der Waals surface area (Å²) in [5, 5.41) is 4.26. The summed E-state index contributed by atoms with van der Waals surface area (Å²) in [6, 6.07) is 14.8. The highest BCUT2D eigenvalue weighted by Gasteiger charge is 2.21. The minimum atomic E-state index is -0.0776. The summed E-state index contributed by atoms with van der Waals surface area (Å²) in [5.41, 5.74) is 6.13. The van der Waals surface area contributed by atoms with Crippen LogP contribution in [0.1, 0.15) is 61.1 Å². The van der Waals surface area contributed by atoms with Crippen LogP contribution in [-0.2, 0) is 6.54 Å². The maximum Gasteiger partial charge on any atom is 0.272 e. The first-order chi connectivity index (χ1) is 15.4. The second kappa shape index (κ2) is 9.23. The normalized spacial score (nSPS) is 14.8. The number of anilines is 2. The summed E-state index contributed by atoms with van der Waals surface area (Å²) < 4.78 is 2.07. The van der Waals surface area contributed by atoms with Crippen LogP contribution in [-0.4, -0.2) is 23.6 Å². The fourth-order valence-corrected chi connectivity index (χ4v) is 4.72. The van der Waals surface area contributed by atoms with Crippen LogP contribution in [0.15, 0.2) is 55.1 Å². The Morgan fingerprint density at radius 1 is 1.16 bits per heavy atom. The van der Waals surface area contributed by atoms with E-state index in [0.717, 1.165) is 41.2 Å². The van der Waals surface area contributed by atoms with Crippen LogP contribution >= 0.6 is 0 Å². The zero-order valence-electron chi connectivity index (χ0n) is 19.8. The summed E-state index contributed by atoms with van der Waals surface area (Å²) in [5.74, 6) is 1.18. The SMILES string of the molecule is C=CCn1c(C(=O)Nc2ccc(N3CCC(C)CC3)cc2)c(C)c2cc(C(C)C)ccc21. The van der Waals surface area contributed by atoms with Crippen LogP contribution in [0.3, 0.4) is 0 Å². The Bertz CT molecular complexity index is 1120.